The minimum Gasteiger partial charge on any atom is -0.274 e. The van der Waals surface area contributed by atoms with Crippen LogP contribution in [0.25, 0.3) is 0 Å². The van der Waals surface area contributed by atoms with E-state index in [1.165, 1.54) is 0 Å². The molecule has 0 aromatic heterocycles. The third-order valence-electron chi connectivity index (χ3n) is 2.48. The Balaban J connectivity index is 2.30. The van der Waals surface area contributed by atoms with Gasteiger partial charge in [0.05, 0.1) is 16.5 Å². The van der Waals surface area contributed by atoms with Crippen molar-refractivity contribution in [3.05, 3.63) is 24.3 Å². The number of rotatable bonds is 2. The van der Waals surface area contributed by atoms with Crippen LogP contribution in [0.1, 0.15) is 12.8 Å². The van der Waals surface area contributed by atoms with Gasteiger partial charge in [-0.2, -0.15) is 4.99 Å². The molecule has 0 saturated carbocycles. The summed E-state index contributed by atoms with van der Waals surface area (Å²) < 4.78 is 0.614. The highest BCUT2D eigenvalue weighted by Crippen LogP contribution is 2.26. The number of hydrogen-bond acceptors (Lipinski definition) is 5. The van der Waals surface area contributed by atoms with E-state index in [0.717, 1.165) is 23.5 Å². The standard InChI is InChI=1S/C12H10N2OS3/c15-11-2-1-7-18-12(17)14(11)10-5-3-9(4-6-10)13-8-16/h3-6H,1-2,7H2. The summed E-state index contributed by atoms with van der Waals surface area (Å²) in [6.45, 7) is 0. The summed E-state index contributed by atoms with van der Waals surface area (Å²) in [5, 5.41) is 2.31. The van der Waals surface area contributed by atoms with Gasteiger partial charge in [-0.05, 0) is 42.9 Å². The van der Waals surface area contributed by atoms with Crippen molar-refractivity contribution in [2.75, 3.05) is 10.7 Å². The van der Waals surface area contributed by atoms with E-state index < -0.39 is 0 Å². The second-order valence-corrected chi connectivity index (χ2v) is 5.58. The lowest BCUT2D eigenvalue weighted by molar-refractivity contribution is -0.117. The fourth-order valence-electron chi connectivity index (χ4n) is 1.64. The molecule has 0 spiro atoms. The van der Waals surface area contributed by atoms with Crippen molar-refractivity contribution in [3.63, 3.8) is 0 Å². The lowest BCUT2D eigenvalue weighted by Gasteiger charge is -2.20. The zero-order valence-corrected chi connectivity index (χ0v) is 11.9. The smallest absolute Gasteiger partial charge is 0.232 e. The van der Waals surface area contributed by atoms with E-state index in [1.807, 2.05) is 12.1 Å². The molecule has 1 aliphatic heterocycles. The zero-order chi connectivity index (χ0) is 13.0. The predicted molar refractivity (Wildman–Crippen MR) is 82.9 cm³/mol. The summed E-state index contributed by atoms with van der Waals surface area (Å²) >= 11 is 11.4. The Hall–Kier alpha value is -1.07. The number of carbonyl (C=O) groups excluding carboxylic acids is 1. The molecule has 1 aliphatic rings. The minimum atomic E-state index is 0.0519. The first-order chi connectivity index (χ1) is 8.72. The minimum absolute atomic E-state index is 0.0519. The van der Waals surface area contributed by atoms with Gasteiger partial charge >= 0.3 is 0 Å². The molecule has 92 valence electrons. The number of amides is 1. The highest BCUT2D eigenvalue weighted by atomic mass is 32.2. The molecule has 18 heavy (non-hydrogen) atoms. The molecular formula is C12H10N2OS3. The molecule has 0 atom stereocenters. The van der Waals surface area contributed by atoms with Gasteiger partial charge in [0.15, 0.2) is 0 Å². The van der Waals surface area contributed by atoms with Crippen molar-refractivity contribution < 1.29 is 4.79 Å². The van der Waals surface area contributed by atoms with E-state index in [-0.39, 0.29) is 5.91 Å². The Labute approximate surface area is 120 Å². The number of benzene rings is 1. The van der Waals surface area contributed by atoms with Gasteiger partial charge in [0.1, 0.15) is 4.32 Å². The average Bonchev–Trinajstić information content (AvgIpc) is 2.53. The molecule has 1 heterocycles. The molecule has 1 amide bonds. The Morgan fingerprint density at radius 1 is 1.33 bits per heavy atom. The second kappa shape index (κ2) is 6.20. The van der Waals surface area contributed by atoms with E-state index in [2.05, 4.69) is 22.4 Å². The quantitative estimate of drug-likeness (QED) is 0.616. The summed E-state index contributed by atoms with van der Waals surface area (Å²) in [6.07, 6.45) is 1.40. The molecule has 6 heteroatoms. The summed E-state index contributed by atoms with van der Waals surface area (Å²) in [7, 11) is 0. The Morgan fingerprint density at radius 3 is 2.72 bits per heavy atom. The fraction of sp³-hybridized carbons (Fsp3) is 0.250. The first kappa shape index (κ1) is 13.4. The topological polar surface area (TPSA) is 32.7 Å². The number of aliphatic imine (C=N–C) groups is 1. The highest BCUT2D eigenvalue weighted by molar-refractivity contribution is 8.23. The van der Waals surface area contributed by atoms with Crippen molar-refractivity contribution in [2.24, 2.45) is 4.99 Å². The summed E-state index contributed by atoms with van der Waals surface area (Å²) in [6, 6.07) is 7.23. The molecule has 1 saturated heterocycles. The molecule has 0 radical (unpaired) electrons. The molecule has 1 aromatic rings. The van der Waals surface area contributed by atoms with Gasteiger partial charge in [0, 0.05) is 12.2 Å². The van der Waals surface area contributed by atoms with Crippen molar-refractivity contribution in [2.45, 2.75) is 12.8 Å². The van der Waals surface area contributed by atoms with E-state index in [9.17, 15) is 4.79 Å². The van der Waals surface area contributed by atoms with E-state index in [1.54, 1.807) is 28.8 Å². The normalized spacial score (nSPS) is 16.1. The van der Waals surface area contributed by atoms with Gasteiger partial charge in [-0.25, -0.2) is 0 Å². The van der Waals surface area contributed by atoms with Crippen molar-refractivity contribution in [1.82, 2.24) is 0 Å². The predicted octanol–water partition coefficient (Wildman–Crippen LogP) is 3.57. The Kier molecular flexibility index (Phi) is 4.60. The van der Waals surface area contributed by atoms with Gasteiger partial charge in [0.25, 0.3) is 0 Å². The van der Waals surface area contributed by atoms with Crippen LogP contribution in [0.3, 0.4) is 0 Å². The summed E-state index contributed by atoms with van der Waals surface area (Å²) in [4.78, 5) is 17.5. The fourth-order valence-corrected chi connectivity index (χ4v) is 3.00. The van der Waals surface area contributed by atoms with Gasteiger partial charge in [-0.3, -0.25) is 9.69 Å². The molecule has 2 rings (SSSR count). The Bertz CT molecular complexity index is 503. The van der Waals surface area contributed by atoms with E-state index in [0.29, 0.717) is 10.7 Å². The van der Waals surface area contributed by atoms with Crippen LogP contribution in [0.2, 0.25) is 0 Å². The molecule has 1 fully saturated rings. The molecule has 0 N–H and O–H groups in total. The zero-order valence-electron chi connectivity index (χ0n) is 9.46. The van der Waals surface area contributed by atoms with Crippen molar-refractivity contribution in [1.29, 1.82) is 0 Å². The lowest BCUT2D eigenvalue weighted by atomic mass is 10.2. The molecule has 0 unspecified atom stereocenters. The van der Waals surface area contributed by atoms with Crippen LogP contribution in [0.5, 0.6) is 0 Å². The number of hydrogen-bond donors (Lipinski definition) is 0. The van der Waals surface area contributed by atoms with Gasteiger partial charge in [-0.1, -0.05) is 24.0 Å². The summed E-state index contributed by atoms with van der Waals surface area (Å²) in [5.41, 5.74) is 1.50. The second-order valence-electron chi connectivity index (χ2n) is 3.67. The summed E-state index contributed by atoms with van der Waals surface area (Å²) in [5.74, 6) is 0.949. The maximum Gasteiger partial charge on any atom is 0.232 e. The number of anilines is 1. The lowest BCUT2D eigenvalue weighted by Crippen LogP contribution is -2.32. The molecule has 1 aromatic carbocycles. The Morgan fingerprint density at radius 2 is 2.06 bits per heavy atom. The number of isothiocyanates is 1. The van der Waals surface area contributed by atoms with Gasteiger partial charge in [0.2, 0.25) is 5.91 Å². The van der Waals surface area contributed by atoms with Crippen LogP contribution in [-0.2, 0) is 4.79 Å². The molecule has 0 aliphatic carbocycles. The van der Waals surface area contributed by atoms with E-state index in [4.69, 9.17) is 12.2 Å². The first-order valence-electron chi connectivity index (χ1n) is 5.40. The molecule has 3 nitrogen and oxygen atoms in total. The number of carbonyl (C=O) groups is 1. The van der Waals surface area contributed by atoms with Crippen LogP contribution in [0.15, 0.2) is 29.3 Å². The average molecular weight is 294 g/mol. The van der Waals surface area contributed by atoms with Crippen LogP contribution < -0.4 is 4.90 Å². The third-order valence-corrected chi connectivity index (χ3v) is 4.02. The van der Waals surface area contributed by atoms with Crippen LogP contribution in [-0.4, -0.2) is 21.1 Å². The third kappa shape index (κ3) is 3.03. The van der Waals surface area contributed by atoms with Gasteiger partial charge in [-0.15, -0.1) is 0 Å². The highest BCUT2D eigenvalue weighted by Gasteiger charge is 2.23. The monoisotopic (exact) mass is 294 g/mol. The number of nitrogens with zero attached hydrogens (tertiary/aromatic N) is 2. The number of thioether (sulfide) groups is 1. The SMILES string of the molecule is O=C1CCCSC(=S)N1c1ccc(N=C=S)cc1. The van der Waals surface area contributed by atoms with Crippen LogP contribution in [0, 0.1) is 0 Å². The maximum absolute atomic E-state index is 12.0. The van der Waals surface area contributed by atoms with Crippen molar-refractivity contribution in [3.8, 4) is 0 Å². The van der Waals surface area contributed by atoms with Crippen molar-refractivity contribution >= 4 is 63.0 Å². The van der Waals surface area contributed by atoms with Crippen LogP contribution in [0.4, 0.5) is 11.4 Å². The first-order valence-corrected chi connectivity index (χ1v) is 7.20. The largest absolute Gasteiger partial charge is 0.274 e. The van der Waals surface area contributed by atoms with Gasteiger partial charge < -0.3 is 0 Å². The molecular weight excluding hydrogens is 284 g/mol. The van der Waals surface area contributed by atoms with E-state index >= 15 is 0 Å². The maximum atomic E-state index is 12.0. The molecule has 0 bridgehead atoms. The number of thiocarbonyl (C=S) groups is 2. The van der Waals surface area contributed by atoms with Crippen LogP contribution >= 0.6 is 36.2 Å².